The molecule has 1 aliphatic rings. The molecule has 0 bridgehead atoms. The number of anilines is 1. The number of halogens is 1. The Morgan fingerprint density at radius 2 is 1.79 bits per heavy atom. The number of carbonyl (C=O) groups excluding carboxylic acids is 2. The molecule has 0 spiro atoms. The zero-order chi connectivity index (χ0) is 17.4. The molecule has 24 heavy (non-hydrogen) atoms. The molecule has 1 heterocycles. The monoisotopic (exact) mass is 334 g/mol. The smallest absolute Gasteiger partial charge is 0.309 e. The summed E-state index contributed by atoms with van der Waals surface area (Å²) in [5.74, 6) is -1.50. The van der Waals surface area contributed by atoms with E-state index in [9.17, 15) is 14.0 Å². The third kappa shape index (κ3) is 5.06. The van der Waals surface area contributed by atoms with Gasteiger partial charge < -0.3 is 15.5 Å². The lowest BCUT2D eigenvalue weighted by molar-refractivity contribution is -0.139. The van der Waals surface area contributed by atoms with E-state index in [1.54, 1.807) is 12.1 Å². The summed E-state index contributed by atoms with van der Waals surface area (Å²) >= 11 is 0. The number of nitrogens with zero attached hydrogens (tertiary/aromatic N) is 2. The number of hydrogen-bond donors (Lipinski definition) is 2. The first kappa shape index (κ1) is 17.9. The van der Waals surface area contributed by atoms with E-state index >= 15 is 0 Å². The van der Waals surface area contributed by atoms with Crippen LogP contribution in [0.1, 0.15) is 0 Å². The van der Waals surface area contributed by atoms with Gasteiger partial charge in [-0.2, -0.15) is 0 Å². The summed E-state index contributed by atoms with van der Waals surface area (Å²) < 4.78 is 13.8. The van der Waals surface area contributed by atoms with Gasteiger partial charge >= 0.3 is 11.8 Å². The second-order valence-corrected chi connectivity index (χ2v) is 5.53. The van der Waals surface area contributed by atoms with Gasteiger partial charge in [-0.15, -0.1) is 6.58 Å². The van der Waals surface area contributed by atoms with Crippen LogP contribution in [0.15, 0.2) is 36.9 Å². The van der Waals surface area contributed by atoms with Crippen molar-refractivity contribution in [2.75, 3.05) is 50.7 Å². The van der Waals surface area contributed by atoms with Crippen LogP contribution in [0.3, 0.4) is 0 Å². The Labute approximate surface area is 141 Å². The SMILES string of the molecule is C=CCNC(=O)C(=O)NCCN1CCN(c2ccccc2F)CC1. The van der Waals surface area contributed by atoms with Gasteiger partial charge in [0.15, 0.2) is 0 Å². The fourth-order valence-electron chi connectivity index (χ4n) is 2.57. The van der Waals surface area contributed by atoms with Crippen LogP contribution in [0.2, 0.25) is 0 Å². The second kappa shape index (κ2) is 9.02. The highest BCUT2D eigenvalue weighted by Crippen LogP contribution is 2.19. The van der Waals surface area contributed by atoms with Crippen LogP contribution in [-0.2, 0) is 9.59 Å². The van der Waals surface area contributed by atoms with Crippen LogP contribution in [0.4, 0.5) is 10.1 Å². The number of benzene rings is 1. The van der Waals surface area contributed by atoms with Gasteiger partial charge in [-0.05, 0) is 12.1 Å². The van der Waals surface area contributed by atoms with Crippen molar-refractivity contribution in [3.63, 3.8) is 0 Å². The van der Waals surface area contributed by atoms with Gasteiger partial charge in [-0.1, -0.05) is 18.2 Å². The Hall–Kier alpha value is -2.41. The Kier molecular flexibility index (Phi) is 6.74. The minimum atomic E-state index is -0.653. The van der Waals surface area contributed by atoms with Crippen molar-refractivity contribution in [1.82, 2.24) is 15.5 Å². The molecule has 7 heteroatoms. The summed E-state index contributed by atoms with van der Waals surface area (Å²) in [5.41, 5.74) is 0.629. The Morgan fingerprint density at radius 1 is 1.12 bits per heavy atom. The normalized spacial score (nSPS) is 15.0. The molecule has 1 fully saturated rings. The predicted octanol–water partition coefficient (Wildman–Crippen LogP) is 0.366. The number of piperazine rings is 1. The van der Waals surface area contributed by atoms with Crippen molar-refractivity contribution in [2.45, 2.75) is 0 Å². The molecule has 1 aromatic rings. The van der Waals surface area contributed by atoms with E-state index in [4.69, 9.17) is 0 Å². The third-order valence-corrected chi connectivity index (χ3v) is 3.89. The second-order valence-electron chi connectivity index (χ2n) is 5.53. The molecule has 130 valence electrons. The van der Waals surface area contributed by atoms with Crippen molar-refractivity contribution in [3.8, 4) is 0 Å². The highest BCUT2D eigenvalue weighted by molar-refractivity contribution is 6.35. The van der Waals surface area contributed by atoms with Gasteiger partial charge in [0.25, 0.3) is 0 Å². The lowest BCUT2D eigenvalue weighted by Crippen LogP contribution is -2.49. The molecule has 0 aliphatic carbocycles. The minimum Gasteiger partial charge on any atom is -0.367 e. The first-order valence-electron chi connectivity index (χ1n) is 8.00. The van der Waals surface area contributed by atoms with E-state index < -0.39 is 11.8 Å². The quantitative estimate of drug-likeness (QED) is 0.583. The predicted molar refractivity (Wildman–Crippen MR) is 91.3 cm³/mol. The summed E-state index contributed by atoms with van der Waals surface area (Å²) in [6.45, 7) is 7.83. The van der Waals surface area contributed by atoms with Gasteiger partial charge in [0.2, 0.25) is 0 Å². The van der Waals surface area contributed by atoms with E-state index in [0.29, 0.717) is 18.8 Å². The van der Waals surface area contributed by atoms with Gasteiger partial charge in [-0.25, -0.2) is 4.39 Å². The zero-order valence-electron chi connectivity index (χ0n) is 13.6. The maximum atomic E-state index is 13.8. The minimum absolute atomic E-state index is 0.205. The maximum Gasteiger partial charge on any atom is 0.309 e. The standard InChI is InChI=1S/C17H23FN4O2/c1-2-7-19-16(23)17(24)20-8-9-21-10-12-22(13-11-21)15-6-4-3-5-14(15)18/h2-6H,1,7-13H2,(H,19,23)(H,20,24). The van der Waals surface area contributed by atoms with Crippen molar-refractivity contribution in [1.29, 1.82) is 0 Å². The molecule has 0 atom stereocenters. The number of para-hydroxylation sites is 1. The van der Waals surface area contributed by atoms with E-state index in [2.05, 4.69) is 22.1 Å². The summed E-state index contributed by atoms with van der Waals surface area (Å²) in [6, 6.07) is 6.77. The number of nitrogens with one attached hydrogen (secondary N) is 2. The van der Waals surface area contributed by atoms with Crippen LogP contribution >= 0.6 is 0 Å². The van der Waals surface area contributed by atoms with E-state index in [1.165, 1.54) is 12.1 Å². The molecule has 6 nitrogen and oxygen atoms in total. The number of amides is 2. The van der Waals surface area contributed by atoms with Crippen molar-refractivity contribution >= 4 is 17.5 Å². The first-order valence-corrected chi connectivity index (χ1v) is 8.00. The highest BCUT2D eigenvalue weighted by Gasteiger charge is 2.19. The highest BCUT2D eigenvalue weighted by atomic mass is 19.1. The summed E-state index contributed by atoms with van der Waals surface area (Å²) in [6.07, 6.45) is 1.51. The van der Waals surface area contributed by atoms with Crippen LogP contribution in [0, 0.1) is 5.82 Å². The molecule has 0 saturated carbocycles. The van der Waals surface area contributed by atoms with Crippen molar-refractivity contribution < 1.29 is 14.0 Å². The number of rotatable bonds is 6. The van der Waals surface area contributed by atoms with E-state index in [0.717, 1.165) is 26.2 Å². The molecule has 0 aromatic heterocycles. The Balaban J connectivity index is 1.68. The molecule has 1 aliphatic heterocycles. The zero-order valence-corrected chi connectivity index (χ0v) is 13.6. The average molecular weight is 334 g/mol. The summed E-state index contributed by atoms with van der Waals surface area (Å²) in [4.78, 5) is 27.1. The maximum absolute atomic E-state index is 13.8. The Morgan fingerprint density at radius 3 is 2.46 bits per heavy atom. The van der Waals surface area contributed by atoms with Crippen LogP contribution in [-0.4, -0.2) is 62.5 Å². The molecule has 0 radical (unpaired) electrons. The molecular formula is C17H23FN4O2. The van der Waals surface area contributed by atoms with E-state index in [-0.39, 0.29) is 12.4 Å². The van der Waals surface area contributed by atoms with Gasteiger partial charge in [-0.3, -0.25) is 14.5 Å². The lowest BCUT2D eigenvalue weighted by Gasteiger charge is -2.36. The third-order valence-electron chi connectivity index (χ3n) is 3.89. The summed E-state index contributed by atoms with van der Waals surface area (Å²) in [7, 11) is 0. The molecule has 1 saturated heterocycles. The fraction of sp³-hybridized carbons (Fsp3) is 0.412. The molecule has 2 N–H and O–H groups in total. The van der Waals surface area contributed by atoms with E-state index in [1.807, 2.05) is 11.0 Å². The molecule has 2 amide bonds. The lowest BCUT2D eigenvalue weighted by atomic mass is 10.2. The molecule has 1 aromatic carbocycles. The van der Waals surface area contributed by atoms with Gasteiger partial charge in [0.05, 0.1) is 5.69 Å². The molecule has 0 unspecified atom stereocenters. The van der Waals surface area contributed by atoms with Crippen LogP contribution < -0.4 is 15.5 Å². The van der Waals surface area contributed by atoms with Crippen LogP contribution in [0.25, 0.3) is 0 Å². The van der Waals surface area contributed by atoms with Gasteiger partial charge in [0, 0.05) is 45.8 Å². The van der Waals surface area contributed by atoms with Crippen molar-refractivity contribution in [2.24, 2.45) is 0 Å². The van der Waals surface area contributed by atoms with Crippen molar-refractivity contribution in [3.05, 3.63) is 42.7 Å². The number of hydrogen-bond acceptors (Lipinski definition) is 4. The summed E-state index contributed by atoms with van der Waals surface area (Å²) in [5, 5.41) is 5.02. The number of carbonyl (C=O) groups is 2. The fourth-order valence-corrected chi connectivity index (χ4v) is 2.57. The first-order chi connectivity index (χ1) is 11.6. The molecular weight excluding hydrogens is 311 g/mol. The average Bonchev–Trinajstić information content (AvgIpc) is 2.60. The largest absolute Gasteiger partial charge is 0.367 e. The van der Waals surface area contributed by atoms with Gasteiger partial charge in [0.1, 0.15) is 5.82 Å². The Bertz CT molecular complexity index is 586. The molecule has 2 rings (SSSR count). The van der Waals surface area contributed by atoms with Crippen LogP contribution in [0.5, 0.6) is 0 Å². The topological polar surface area (TPSA) is 64.7 Å².